The van der Waals surface area contributed by atoms with Crippen LogP contribution in [0.2, 0.25) is 0 Å². The molecule has 1 rings (SSSR count). The second kappa shape index (κ2) is 3.91. The van der Waals surface area contributed by atoms with Crippen molar-refractivity contribution in [3.8, 4) is 0 Å². The van der Waals surface area contributed by atoms with Gasteiger partial charge in [0.25, 0.3) is 0 Å². The van der Waals surface area contributed by atoms with E-state index in [1.807, 2.05) is 0 Å². The van der Waals surface area contributed by atoms with Gasteiger partial charge in [-0.15, -0.1) is 0 Å². The molecule has 1 aliphatic rings. The summed E-state index contributed by atoms with van der Waals surface area (Å²) in [6.07, 6.45) is -4.58. The van der Waals surface area contributed by atoms with Crippen LogP contribution in [0.3, 0.4) is 0 Å². The minimum absolute atomic E-state index is 0.415. The molecule has 0 aromatic heterocycles. The SMILES string of the molecule is OC[C@H]1OC(O)[C@H](O)[C@@H](S)[C@@H]1O. The first-order valence-electron chi connectivity index (χ1n) is 3.56. The molecule has 4 N–H and O–H groups in total. The predicted octanol–water partition coefficient (Wildman–Crippen LogP) is -2.28. The van der Waals surface area contributed by atoms with E-state index >= 15 is 0 Å². The van der Waals surface area contributed by atoms with E-state index < -0.39 is 36.5 Å². The lowest BCUT2D eigenvalue weighted by Crippen LogP contribution is -2.56. The highest BCUT2D eigenvalue weighted by molar-refractivity contribution is 7.81. The van der Waals surface area contributed by atoms with Gasteiger partial charge in [0.1, 0.15) is 12.2 Å². The lowest BCUT2D eigenvalue weighted by atomic mass is 10.0. The molecule has 0 radical (unpaired) electrons. The fourth-order valence-corrected chi connectivity index (χ4v) is 1.42. The van der Waals surface area contributed by atoms with Gasteiger partial charge < -0.3 is 25.2 Å². The Bertz CT molecular complexity index is 150. The van der Waals surface area contributed by atoms with Crippen molar-refractivity contribution in [3.05, 3.63) is 0 Å². The molecule has 1 aliphatic heterocycles. The quantitative estimate of drug-likeness (QED) is 0.305. The van der Waals surface area contributed by atoms with Crippen molar-refractivity contribution in [2.75, 3.05) is 6.61 Å². The zero-order chi connectivity index (χ0) is 9.30. The smallest absolute Gasteiger partial charge is 0.182 e. The molecule has 12 heavy (non-hydrogen) atoms. The summed E-state index contributed by atoms with van der Waals surface area (Å²) in [5.41, 5.74) is 0. The number of aliphatic hydroxyl groups excluding tert-OH is 4. The maximum Gasteiger partial charge on any atom is 0.182 e. The van der Waals surface area contributed by atoms with E-state index in [0.29, 0.717) is 0 Å². The zero-order valence-corrected chi connectivity index (χ0v) is 7.13. The highest BCUT2D eigenvalue weighted by atomic mass is 32.1. The summed E-state index contributed by atoms with van der Waals surface area (Å²) in [5, 5.41) is 35.3. The van der Waals surface area contributed by atoms with Crippen LogP contribution < -0.4 is 0 Å². The molecule has 6 heteroatoms. The topological polar surface area (TPSA) is 90.2 Å². The first-order valence-corrected chi connectivity index (χ1v) is 4.08. The largest absolute Gasteiger partial charge is 0.394 e. The average Bonchev–Trinajstić information content (AvgIpc) is 2.08. The highest BCUT2D eigenvalue weighted by Gasteiger charge is 2.41. The number of aliphatic hydroxyl groups is 4. The van der Waals surface area contributed by atoms with Crippen LogP contribution in [0.5, 0.6) is 0 Å². The lowest BCUT2D eigenvalue weighted by Gasteiger charge is -2.37. The van der Waals surface area contributed by atoms with Crippen molar-refractivity contribution < 1.29 is 25.2 Å². The Kier molecular flexibility index (Phi) is 3.33. The van der Waals surface area contributed by atoms with Gasteiger partial charge in [0, 0.05) is 0 Å². The Morgan fingerprint density at radius 1 is 1.17 bits per heavy atom. The third kappa shape index (κ3) is 1.73. The van der Waals surface area contributed by atoms with E-state index in [9.17, 15) is 5.11 Å². The van der Waals surface area contributed by atoms with E-state index in [2.05, 4.69) is 17.4 Å². The first kappa shape index (κ1) is 10.2. The number of hydrogen-bond donors (Lipinski definition) is 5. The van der Waals surface area contributed by atoms with Crippen LogP contribution in [-0.2, 0) is 4.74 Å². The predicted molar refractivity (Wildman–Crippen MR) is 42.8 cm³/mol. The molecule has 0 amide bonds. The molecule has 1 heterocycles. The van der Waals surface area contributed by atoms with E-state index in [4.69, 9.17) is 15.3 Å². The third-order valence-electron chi connectivity index (χ3n) is 1.87. The van der Waals surface area contributed by atoms with Gasteiger partial charge in [0.05, 0.1) is 18.0 Å². The molecular weight excluding hydrogens is 184 g/mol. The van der Waals surface area contributed by atoms with Gasteiger partial charge in [-0.1, -0.05) is 0 Å². The standard InChI is InChI=1S/C6H12O5S/c7-1-2-3(8)5(12)4(9)6(10)11-2/h2-10,12H,1H2/t2-,3-,4-,5+,6?/m1/s1. The van der Waals surface area contributed by atoms with Crippen LogP contribution in [0, 0.1) is 0 Å². The maximum absolute atomic E-state index is 9.29. The van der Waals surface area contributed by atoms with Crippen molar-refractivity contribution in [1.29, 1.82) is 0 Å². The van der Waals surface area contributed by atoms with Gasteiger partial charge in [-0.3, -0.25) is 0 Å². The molecule has 0 spiro atoms. The summed E-state index contributed by atoms with van der Waals surface area (Å²) in [6.45, 7) is -0.415. The van der Waals surface area contributed by atoms with Crippen LogP contribution in [0.1, 0.15) is 0 Å². The first-order chi connectivity index (χ1) is 5.57. The Morgan fingerprint density at radius 3 is 2.25 bits per heavy atom. The van der Waals surface area contributed by atoms with Gasteiger partial charge in [-0.05, 0) is 0 Å². The van der Waals surface area contributed by atoms with Crippen molar-refractivity contribution in [2.45, 2.75) is 29.9 Å². The van der Waals surface area contributed by atoms with Crippen LogP contribution in [-0.4, -0.2) is 56.9 Å². The molecule has 72 valence electrons. The fraction of sp³-hybridized carbons (Fsp3) is 1.00. The Hall–Kier alpha value is 0.150. The molecule has 0 aromatic rings. The van der Waals surface area contributed by atoms with Crippen LogP contribution in [0.25, 0.3) is 0 Å². The summed E-state index contributed by atoms with van der Waals surface area (Å²) in [6, 6.07) is 0. The van der Waals surface area contributed by atoms with Gasteiger partial charge in [-0.2, -0.15) is 12.6 Å². The van der Waals surface area contributed by atoms with Gasteiger partial charge in [-0.25, -0.2) is 0 Å². The molecule has 0 aromatic carbocycles. The number of ether oxygens (including phenoxy) is 1. The van der Waals surface area contributed by atoms with Crippen molar-refractivity contribution >= 4 is 12.6 Å². The molecule has 0 saturated carbocycles. The monoisotopic (exact) mass is 196 g/mol. The van der Waals surface area contributed by atoms with Gasteiger partial charge in [0.2, 0.25) is 0 Å². The van der Waals surface area contributed by atoms with Crippen LogP contribution in [0.4, 0.5) is 0 Å². The lowest BCUT2D eigenvalue weighted by molar-refractivity contribution is -0.247. The minimum atomic E-state index is -1.40. The molecule has 0 bridgehead atoms. The van der Waals surface area contributed by atoms with Gasteiger partial charge >= 0.3 is 0 Å². The van der Waals surface area contributed by atoms with Crippen LogP contribution in [0.15, 0.2) is 0 Å². The maximum atomic E-state index is 9.29. The fourth-order valence-electron chi connectivity index (χ4n) is 1.08. The molecule has 1 unspecified atom stereocenters. The minimum Gasteiger partial charge on any atom is -0.394 e. The zero-order valence-electron chi connectivity index (χ0n) is 6.24. The van der Waals surface area contributed by atoms with Crippen LogP contribution >= 0.6 is 12.6 Å². The van der Waals surface area contributed by atoms with Crippen molar-refractivity contribution in [3.63, 3.8) is 0 Å². The van der Waals surface area contributed by atoms with Crippen molar-refractivity contribution in [2.24, 2.45) is 0 Å². The molecule has 5 nitrogen and oxygen atoms in total. The molecule has 0 aliphatic carbocycles. The third-order valence-corrected chi connectivity index (χ3v) is 2.48. The molecule has 5 atom stereocenters. The van der Waals surface area contributed by atoms with E-state index in [-0.39, 0.29) is 0 Å². The summed E-state index contributed by atoms with van der Waals surface area (Å²) < 4.78 is 4.69. The average molecular weight is 196 g/mol. The van der Waals surface area contributed by atoms with Gasteiger partial charge in [0.15, 0.2) is 6.29 Å². The Morgan fingerprint density at radius 2 is 1.75 bits per heavy atom. The second-order valence-corrected chi connectivity index (χ2v) is 3.32. The number of rotatable bonds is 1. The number of thiol groups is 1. The van der Waals surface area contributed by atoms with Crippen molar-refractivity contribution in [1.82, 2.24) is 0 Å². The summed E-state index contributed by atoms with van der Waals surface area (Å²) in [7, 11) is 0. The Labute approximate surface area is 75.0 Å². The molecular formula is C6H12O5S. The molecule has 1 saturated heterocycles. The summed E-state index contributed by atoms with van der Waals surface area (Å²) in [5.74, 6) is 0. The normalized spacial score (nSPS) is 49.2. The second-order valence-electron chi connectivity index (χ2n) is 2.72. The van der Waals surface area contributed by atoms with E-state index in [1.165, 1.54) is 0 Å². The van der Waals surface area contributed by atoms with E-state index in [1.54, 1.807) is 0 Å². The highest BCUT2D eigenvalue weighted by Crippen LogP contribution is 2.23. The van der Waals surface area contributed by atoms with E-state index in [0.717, 1.165) is 0 Å². The summed E-state index contributed by atoms with van der Waals surface area (Å²) in [4.78, 5) is 0. The summed E-state index contributed by atoms with van der Waals surface area (Å²) >= 11 is 3.87. The number of hydrogen-bond acceptors (Lipinski definition) is 6. The molecule has 1 fully saturated rings. The Balaban J connectivity index is 2.63.